The van der Waals surface area contributed by atoms with Crippen LogP contribution in [0.25, 0.3) is 33.2 Å². The Hall–Kier alpha value is -2.42. The zero-order valence-corrected chi connectivity index (χ0v) is 13.5. The summed E-state index contributed by atoms with van der Waals surface area (Å²) in [5.74, 6) is -0.542. The number of H-pyrrole nitrogens is 2. The fourth-order valence-corrected chi connectivity index (χ4v) is 3.34. The molecular formula is C15H10ClFN4O2S. The molecule has 6 nitrogen and oxygen atoms in total. The van der Waals surface area contributed by atoms with Gasteiger partial charge < -0.3 is 4.98 Å². The lowest BCUT2D eigenvalue weighted by Gasteiger charge is -1.97. The molecule has 9 heteroatoms. The van der Waals surface area contributed by atoms with E-state index in [2.05, 4.69) is 15.2 Å². The molecule has 4 N–H and O–H groups in total. The van der Waals surface area contributed by atoms with Gasteiger partial charge in [-0.05, 0) is 36.4 Å². The molecule has 2 aromatic heterocycles. The number of halogens is 2. The Morgan fingerprint density at radius 2 is 1.92 bits per heavy atom. The summed E-state index contributed by atoms with van der Waals surface area (Å²) in [7, 11) is -3.78. The lowest BCUT2D eigenvalue weighted by atomic mass is 10.1. The zero-order chi connectivity index (χ0) is 17.1. The van der Waals surface area contributed by atoms with E-state index in [-0.39, 0.29) is 9.92 Å². The number of nitrogens with one attached hydrogen (secondary N) is 2. The topological polar surface area (TPSA) is 105 Å². The zero-order valence-electron chi connectivity index (χ0n) is 12.0. The number of hydrogen-bond acceptors (Lipinski definition) is 3. The van der Waals surface area contributed by atoms with Crippen molar-refractivity contribution in [2.75, 3.05) is 0 Å². The van der Waals surface area contributed by atoms with Crippen molar-refractivity contribution in [3.05, 3.63) is 47.2 Å². The first-order valence-electron chi connectivity index (χ1n) is 6.82. The lowest BCUT2D eigenvalue weighted by molar-refractivity contribution is 0.598. The molecule has 0 unspecified atom stereocenters. The Labute approximate surface area is 140 Å². The Bertz CT molecular complexity index is 1210. The largest absolute Gasteiger partial charge is 0.353 e. The summed E-state index contributed by atoms with van der Waals surface area (Å²) in [4.78, 5) is 3.15. The van der Waals surface area contributed by atoms with Gasteiger partial charge in [0.25, 0.3) is 0 Å². The number of fused-ring (bicyclic) bond motifs is 2. The number of sulfonamides is 1. The SMILES string of the molecule is NS(=O)(=O)c1ccc2[nH]c(-c3n[nH]c4cc(Cl)c(F)cc34)cc2c1. The van der Waals surface area contributed by atoms with Crippen LogP contribution in [-0.2, 0) is 10.0 Å². The molecule has 24 heavy (non-hydrogen) atoms. The van der Waals surface area contributed by atoms with Crippen LogP contribution >= 0.6 is 11.6 Å². The molecule has 122 valence electrons. The Kier molecular flexibility index (Phi) is 3.17. The third-order valence-corrected chi connectivity index (χ3v) is 4.98. The highest BCUT2D eigenvalue weighted by Gasteiger charge is 2.15. The van der Waals surface area contributed by atoms with Crippen molar-refractivity contribution in [3.63, 3.8) is 0 Å². The number of nitrogens with zero attached hydrogens (tertiary/aromatic N) is 1. The van der Waals surface area contributed by atoms with Gasteiger partial charge in [-0.25, -0.2) is 17.9 Å². The van der Waals surface area contributed by atoms with Crippen LogP contribution in [-0.4, -0.2) is 23.6 Å². The van der Waals surface area contributed by atoms with E-state index < -0.39 is 15.8 Å². The summed E-state index contributed by atoms with van der Waals surface area (Å²) in [6.07, 6.45) is 0. The second-order valence-electron chi connectivity index (χ2n) is 5.36. The normalized spacial score (nSPS) is 12.3. The van der Waals surface area contributed by atoms with Crippen molar-refractivity contribution >= 4 is 43.4 Å². The van der Waals surface area contributed by atoms with Crippen LogP contribution in [0, 0.1) is 5.82 Å². The summed E-state index contributed by atoms with van der Waals surface area (Å²) in [5, 5.41) is 13.4. The first kappa shape index (κ1) is 15.1. The van der Waals surface area contributed by atoms with Gasteiger partial charge in [0.05, 0.1) is 21.1 Å². The molecule has 0 amide bonds. The van der Waals surface area contributed by atoms with Gasteiger partial charge in [-0.2, -0.15) is 5.10 Å². The maximum absolute atomic E-state index is 13.7. The third kappa shape index (κ3) is 2.35. The minimum absolute atomic E-state index is 0.00661. The molecule has 0 aliphatic heterocycles. The van der Waals surface area contributed by atoms with Crippen LogP contribution in [0.15, 0.2) is 41.3 Å². The maximum atomic E-state index is 13.7. The first-order chi connectivity index (χ1) is 11.3. The van der Waals surface area contributed by atoms with Crippen molar-refractivity contribution in [2.24, 2.45) is 5.14 Å². The molecule has 2 aromatic carbocycles. The minimum atomic E-state index is -3.78. The molecule has 4 rings (SSSR count). The molecule has 0 aliphatic rings. The lowest BCUT2D eigenvalue weighted by Crippen LogP contribution is -2.11. The van der Waals surface area contributed by atoms with E-state index in [1.807, 2.05) is 0 Å². The molecule has 4 aromatic rings. The van der Waals surface area contributed by atoms with E-state index in [1.54, 1.807) is 12.1 Å². The van der Waals surface area contributed by atoms with Crippen LogP contribution in [0.2, 0.25) is 5.02 Å². The highest BCUT2D eigenvalue weighted by Crippen LogP contribution is 2.31. The van der Waals surface area contributed by atoms with Crippen LogP contribution in [0.1, 0.15) is 0 Å². The van der Waals surface area contributed by atoms with Gasteiger partial charge in [-0.15, -0.1) is 0 Å². The van der Waals surface area contributed by atoms with E-state index in [0.29, 0.717) is 33.2 Å². The highest BCUT2D eigenvalue weighted by atomic mass is 35.5. The van der Waals surface area contributed by atoms with Crippen molar-refractivity contribution in [2.45, 2.75) is 4.90 Å². The molecule has 0 fully saturated rings. The quantitative estimate of drug-likeness (QED) is 0.508. The standard InChI is InChI=1S/C15H10ClFN4O2S/c16-10-6-13-9(5-11(10)17)15(21-20-13)14-4-7-3-8(24(18,22)23)1-2-12(7)19-14/h1-6,19H,(H,20,21)(H2,18,22,23). The average Bonchev–Trinajstić information content (AvgIpc) is 3.09. The van der Waals surface area contributed by atoms with Gasteiger partial charge >= 0.3 is 0 Å². The second-order valence-corrected chi connectivity index (χ2v) is 7.33. The Morgan fingerprint density at radius 3 is 2.67 bits per heavy atom. The minimum Gasteiger partial charge on any atom is -0.353 e. The smallest absolute Gasteiger partial charge is 0.238 e. The maximum Gasteiger partial charge on any atom is 0.238 e. The number of benzene rings is 2. The average molecular weight is 365 g/mol. The van der Waals surface area contributed by atoms with Crippen LogP contribution in [0.3, 0.4) is 0 Å². The Balaban J connectivity index is 1.92. The van der Waals surface area contributed by atoms with E-state index in [4.69, 9.17) is 16.7 Å². The third-order valence-electron chi connectivity index (χ3n) is 3.78. The second kappa shape index (κ2) is 5.04. The highest BCUT2D eigenvalue weighted by molar-refractivity contribution is 7.89. The van der Waals surface area contributed by atoms with Gasteiger partial charge in [0.1, 0.15) is 11.5 Å². The van der Waals surface area contributed by atoms with Crippen molar-refractivity contribution in [1.82, 2.24) is 15.2 Å². The predicted octanol–water partition coefficient (Wildman–Crippen LogP) is 3.15. The summed E-state index contributed by atoms with van der Waals surface area (Å²) in [6, 6.07) is 9.00. The predicted molar refractivity (Wildman–Crippen MR) is 89.7 cm³/mol. The van der Waals surface area contributed by atoms with Gasteiger partial charge in [0, 0.05) is 16.3 Å². The first-order valence-corrected chi connectivity index (χ1v) is 8.74. The number of nitrogens with two attached hydrogens (primary N) is 1. The van der Waals surface area contributed by atoms with Crippen molar-refractivity contribution in [3.8, 4) is 11.4 Å². The van der Waals surface area contributed by atoms with Crippen LogP contribution in [0.4, 0.5) is 4.39 Å². The Morgan fingerprint density at radius 1 is 1.12 bits per heavy atom. The fraction of sp³-hybridized carbons (Fsp3) is 0. The van der Waals surface area contributed by atoms with E-state index in [1.165, 1.54) is 24.3 Å². The molecular weight excluding hydrogens is 355 g/mol. The summed E-state index contributed by atoms with van der Waals surface area (Å²) >= 11 is 5.77. The van der Waals surface area contributed by atoms with Crippen LogP contribution < -0.4 is 5.14 Å². The van der Waals surface area contributed by atoms with Crippen molar-refractivity contribution in [1.29, 1.82) is 0 Å². The number of rotatable bonds is 2. The van der Waals surface area contributed by atoms with E-state index >= 15 is 0 Å². The van der Waals surface area contributed by atoms with E-state index in [0.717, 1.165) is 0 Å². The molecule has 0 spiro atoms. The molecule has 0 radical (unpaired) electrons. The van der Waals surface area contributed by atoms with Gasteiger partial charge in [-0.3, -0.25) is 5.10 Å². The van der Waals surface area contributed by atoms with E-state index in [9.17, 15) is 12.8 Å². The summed E-state index contributed by atoms with van der Waals surface area (Å²) in [6.45, 7) is 0. The monoisotopic (exact) mass is 364 g/mol. The number of aromatic nitrogens is 3. The molecule has 0 atom stereocenters. The van der Waals surface area contributed by atoms with Gasteiger partial charge in [-0.1, -0.05) is 11.6 Å². The molecule has 0 aliphatic carbocycles. The summed E-state index contributed by atoms with van der Waals surface area (Å²) < 4.78 is 36.7. The van der Waals surface area contributed by atoms with Gasteiger partial charge in [0.2, 0.25) is 10.0 Å². The van der Waals surface area contributed by atoms with Gasteiger partial charge in [0.15, 0.2) is 0 Å². The fourth-order valence-electron chi connectivity index (χ4n) is 2.63. The number of aromatic amines is 2. The van der Waals surface area contributed by atoms with Crippen LogP contribution in [0.5, 0.6) is 0 Å². The molecule has 0 bridgehead atoms. The molecule has 0 saturated carbocycles. The molecule has 0 saturated heterocycles. The number of primary sulfonamides is 1. The number of hydrogen-bond donors (Lipinski definition) is 3. The molecule has 2 heterocycles. The van der Waals surface area contributed by atoms with Crippen molar-refractivity contribution < 1.29 is 12.8 Å². The summed E-state index contributed by atoms with van der Waals surface area (Å²) in [5.41, 5.74) is 2.43.